The molecule has 0 radical (unpaired) electrons. The van der Waals surface area contributed by atoms with E-state index in [2.05, 4.69) is 31.4 Å². The van der Waals surface area contributed by atoms with Crippen LogP contribution >= 0.6 is 15.9 Å². The van der Waals surface area contributed by atoms with Gasteiger partial charge < -0.3 is 10.4 Å². The van der Waals surface area contributed by atoms with Gasteiger partial charge in [-0.2, -0.15) is 10.2 Å². The summed E-state index contributed by atoms with van der Waals surface area (Å²) in [5, 5.41) is 19.3. The molecule has 8 nitrogen and oxygen atoms in total. The normalized spacial score (nSPS) is 10.8. The van der Waals surface area contributed by atoms with E-state index in [1.165, 1.54) is 17.1 Å². The van der Waals surface area contributed by atoms with Crippen LogP contribution in [0.3, 0.4) is 0 Å². The molecule has 0 unspecified atom stereocenters. The van der Waals surface area contributed by atoms with E-state index in [4.69, 9.17) is 5.11 Å². The lowest BCUT2D eigenvalue weighted by molar-refractivity contribution is -0.137. The van der Waals surface area contributed by atoms with Gasteiger partial charge in [-0.15, -0.1) is 0 Å². The van der Waals surface area contributed by atoms with E-state index >= 15 is 0 Å². The van der Waals surface area contributed by atoms with E-state index in [0.29, 0.717) is 11.3 Å². The molecule has 0 fully saturated rings. The minimum absolute atomic E-state index is 0.261. The lowest BCUT2D eigenvalue weighted by Gasteiger charge is -2.03. The molecule has 0 aliphatic carbocycles. The van der Waals surface area contributed by atoms with Crippen molar-refractivity contribution in [2.45, 2.75) is 6.54 Å². The molecule has 1 amide bonds. The molecule has 0 saturated carbocycles. The number of carboxylic acids is 1. The summed E-state index contributed by atoms with van der Waals surface area (Å²) in [6.07, 6.45) is 6.10. The minimum atomic E-state index is -1.00. The first kappa shape index (κ1) is 14.3. The van der Waals surface area contributed by atoms with Crippen molar-refractivity contribution in [2.24, 2.45) is 0 Å². The summed E-state index contributed by atoms with van der Waals surface area (Å²) in [6.45, 7) is -0.261. The fraction of sp³-hybridized carbons (Fsp3) is 0.0769. The van der Waals surface area contributed by atoms with Crippen molar-refractivity contribution < 1.29 is 14.7 Å². The van der Waals surface area contributed by atoms with E-state index in [1.807, 2.05) is 0 Å². The van der Waals surface area contributed by atoms with Gasteiger partial charge in [-0.25, -0.2) is 4.52 Å². The third-order valence-corrected chi connectivity index (χ3v) is 3.53. The SMILES string of the molecule is O=C(O)Cn1cc(NC(=O)c2ccc3c(Br)cnn3c2)cn1. The summed E-state index contributed by atoms with van der Waals surface area (Å²) in [4.78, 5) is 22.8. The molecule has 0 atom stereocenters. The third kappa shape index (κ3) is 2.84. The van der Waals surface area contributed by atoms with Gasteiger partial charge >= 0.3 is 5.97 Å². The van der Waals surface area contributed by atoms with Gasteiger partial charge in [0.25, 0.3) is 5.91 Å². The number of hydrogen-bond acceptors (Lipinski definition) is 4. The summed E-state index contributed by atoms with van der Waals surface area (Å²) >= 11 is 3.36. The smallest absolute Gasteiger partial charge is 0.325 e. The van der Waals surface area contributed by atoms with Crippen LogP contribution in [0.25, 0.3) is 5.52 Å². The van der Waals surface area contributed by atoms with Gasteiger partial charge in [0.1, 0.15) is 6.54 Å². The fourth-order valence-electron chi connectivity index (χ4n) is 1.94. The average Bonchev–Trinajstić information content (AvgIpc) is 3.05. The molecule has 0 aliphatic rings. The van der Waals surface area contributed by atoms with E-state index in [9.17, 15) is 9.59 Å². The first-order valence-electron chi connectivity index (χ1n) is 6.21. The number of nitrogens with zero attached hydrogens (tertiary/aromatic N) is 4. The maximum absolute atomic E-state index is 12.2. The molecule has 3 aromatic heterocycles. The molecule has 2 N–H and O–H groups in total. The first-order valence-corrected chi connectivity index (χ1v) is 7.01. The van der Waals surface area contributed by atoms with Crippen LogP contribution in [0.15, 0.2) is 41.4 Å². The standard InChI is InChI=1S/C13H10BrN5O3/c14-10-4-16-19-5-8(1-2-11(10)19)13(22)17-9-3-15-18(6-9)7-12(20)21/h1-6H,7H2,(H,17,22)(H,20,21). The molecule has 112 valence electrons. The summed E-state index contributed by atoms with van der Waals surface area (Å²) in [5.74, 6) is -1.33. The number of anilines is 1. The Bertz CT molecular complexity index is 870. The highest BCUT2D eigenvalue weighted by Crippen LogP contribution is 2.18. The number of carboxylic acid groups (broad SMARTS) is 1. The fourth-order valence-corrected chi connectivity index (χ4v) is 2.35. The zero-order chi connectivity index (χ0) is 15.7. The van der Waals surface area contributed by atoms with Crippen LogP contribution in [-0.2, 0) is 11.3 Å². The van der Waals surface area contributed by atoms with Crippen LogP contribution in [0, 0.1) is 0 Å². The number of rotatable bonds is 4. The second kappa shape index (κ2) is 5.60. The Morgan fingerprint density at radius 3 is 2.82 bits per heavy atom. The molecule has 3 aromatic rings. The quantitative estimate of drug-likeness (QED) is 0.733. The van der Waals surface area contributed by atoms with Crippen LogP contribution in [0.5, 0.6) is 0 Å². The summed E-state index contributed by atoms with van der Waals surface area (Å²) in [7, 11) is 0. The molecular weight excluding hydrogens is 354 g/mol. The topological polar surface area (TPSA) is 102 Å². The summed E-state index contributed by atoms with van der Waals surface area (Å²) in [5.41, 5.74) is 1.70. The van der Waals surface area contributed by atoms with E-state index in [-0.39, 0.29) is 12.5 Å². The Morgan fingerprint density at radius 1 is 1.23 bits per heavy atom. The van der Waals surface area contributed by atoms with Crippen LogP contribution in [-0.4, -0.2) is 36.4 Å². The predicted octanol–water partition coefficient (Wildman–Crippen LogP) is 1.63. The Labute approximate surface area is 132 Å². The Kier molecular flexibility index (Phi) is 3.63. The first-order chi connectivity index (χ1) is 10.5. The lowest BCUT2D eigenvalue weighted by atomic mass is 10.2. The molecule has 0 aliphatic heterocycles. The monoisotopic (exact) mass is 363 g/mol. The molecule has 3 rings (SSSR count). The number of carbonyl (C=O) groups is 2. The maximum atomic E-state index is 12.2. The Morgan fingerprint density at radius 2 is 2.05 bits per heavy atom. The maximum Gasteiger partial charge on any atom is 0.325 e. The van der Waals surface area contributed by atoms with Crippen molar-refractivity contribution in [2.75, 3.05) is 5.32 Å². The minimum Gasteiger partial charge on any atom is -0.480 e. The molecule has 3 heterocycles. The lowest BCUT2D eigenvalue weighted by Crippen LogP contribution is -2.12. The summed E-state index contributed by atoms with van der Waals surface area (Å²) < 4.78 is 3.66. The van der Waals surface area contributed by atoms with Crippen molar-refractivity contribution in [1.29, 1.82) is 0 Å². The van der Waals surface area contributed by atoms with Crippen molar-refractivity contribution in [3.05, 3.63) is 47.0 Å². The van der Waals surface area contributed by atoms with E-state index < -0.39 is 5.97 Å². The predicted molar refractivity (Wildman–Crippen MR) is 80.7 cm³/mol. The van der Waals surface area contributed by atoms with Gasteiger partial charge in [0.2, 0.25) is 0 Å². The van der Waals surface area contributed by atoms with Gasteiger partial charge in [0, 0.05) is 12.4 Å². The third-order valence-electron chi connectivity index (χ3n) is 2.92. The Hall–Kier alpha value is -2.68. The van der Waals surface area contributed by atoms with Crippen molar-refractivity contribution in [1.82, 2.24) is 19.4 Å². The average molecular weight is 364 g/mol. The molecular formula is C13H10BrN5O3. The largest absolute Gasteiger partial charge is 0.480 e. The highest BCUT2D eigenvalue weighted by atomic mass is 79.9. The number of halogens is 1. The molecule has 22 heavy (non-hydrogen) atoms. The molecule has 9 heteroatoms. The summed E-state index contributed by atoms with van der Waals surface area (Å²) in [6, 6.07) is 3.46. The second-order valence-corrected chi connectivity index (χ2v) is 5.37. The second-order valence-electron chi connectivity index (χ2n) is 4.51. The zero-order valence-electron chi connectivity index (χ0n) is 11.1. The number of amides is 1. The van der Waals surface area contributed by atoms with Crippen molar-refractivity contribution in [3.63, 3.8) is 0 Å². The van der Waals surface area contributed by atoms with Crippen molar-refractivity contribution >= 4 is 39.0 Å². The zero-order valence-corrected chi connectivity index (χ0v) is 12.7. The number of nitrogens with one attached hydrogen (secondary N) is 1. The van der Waals surface area contributed by atoms with Gasteiger partial charge in [-0.05, 0) is 28.1 Å². The van der Waals surface area contributed by atoms with Crippen molar-refractivity contribution in [3.8, 4) is 0 Å². The van der Waals surface area contributed by atoms with Gasteiger partial charge in [0.05, 0.1) is 33.6 Å². The number of aromatic nitrogens is 4. The molecule has 0 bridgehead atoms. The molecule has 0 aromatic carbocycles. The number of carbonyl (C=O) groups excluding carboxylic acids is 1. The molecule has 0 spiro atoms. The molecule has 0 saturated heterocycles. The number of hydrogen-bond donors (Lipinski definition) is 2. The van der Waals surface area contributed by atoms with Gasteiger partial charge in [0.15, 0.2) is 0 Å². The van der Waals surface area contributed by atoms with Gasteiger partial charge in [-0.3, -0.25) is 14.3 Å². The van der Waals surface area contributed by atoms with Crippen LogP contribution in [0.1, 0.15) is 10.4 Å². The Balaban J connectivity index is 1.77. The number of fused-ring (bicyclic) bond motifs is 1. The van der Waals surface area contributed by atoms with Crippen LogP contribution in [0.2, 0.25) is 0 Å². The number of aliphatic carboxylic acids is 1. The van der Waals surface area contributed by atoms with E-state index in [1.54, 1.807) is 29.0 Å². The highest BCUT2D eigenvalue weighted by Gasteiger charge is 2.10. The highest BCUT2D eigenvalue weighted by molar-refractivity contribution is 9.10. The van der Waals surface area contributed by atoms with E-state index in [0.717, 1.165) is 9.99 Å². The number of pyridine rings is 1. The van der Waals surface area contributed by atoms with Gasteiger partial charge in [-0.1, -0.05) is 0 Å². The van der Waals surface area contributed by atoms with Crippen LogP contribution in [0.4, 0.5) is 5.69 Å². The van der Waals surface area contributed by atoms with Crippen LogP contribution < -0.4 is 5.32 Å².